The number of carbonyl (C=O) groups excluding carboxylic acids is 1. The number of rotatable bonds is 3. The van der Waals surface area contributed by atoms with Gasteiger partial charge in [-0.2, -0.15) is 5.26 Å². The summed E-state index contributed by atoms with van der Waals surface area (Å²) in [6.07, 6.45) is -0.149. The van der Waals surface area contributed by atoms with E-state index in [4.69, 9.17) is 10.00 Å². The van der Waals surface area contributed by atoms with Gasteiger partial charge in [0.1, 0.15) is 11.6 Å². The summed E-state index contributed by atoms with van der Waals surface area (Å²) in [5.74, 6) is -0.731. The van der Waals surface area contributed by atoms with Gasteiger partial charge in [-0.3, -0.25) is 4.79 Å². The Hall–Kier alpha value is -2.67. The van der Waals surface area contributed by atoms with E-state index in [1.807, 2.05) is 6.07 Å². The number of nitrogens with zero attached hydrogens (tertiary/aromatic N) is 1. The average Bonchev–Trinajstić information content (AvgIpc) is 2.41. The minimum Gasteiger partial charge on any atom is -0.426 e. The lowest BCUT2D eigenvalue weighted by Crippen LogP contribution is -2.12. The van der Waals surface area contributed by atoms with E-state index in [-0.39, 0.29) is 17.7 Å². The summed E-state index contributed by atoms with van der Waals surface area (Å²) in [5.41, 5.74) is 0.681. The zero-order valence-electron chi connectivity index (χ0n) is 9.97. The number of hydrogen-bond donors (Lipinski definition) is 0. The predicted octanol–water partition coefficient (Wildman–Crippen LogP) is 2.85. The Morgan fingerprint density at radius 3 is 2.74 bits per heavy atom. The van der Waals surface area contributed by atoms with E-state index >= 15 is 0 Å². The van der Waals surface area contributed by atoms with Crippen molar-refractivity contribution < 1.29 is 13.9 Å². The first-order valence-corrected chi connectivity index (χ1v) is 5.63. The maximum Gasteiger partial charge on any atom is 0.315 e. The van der Waals surface area contributed by atoms with Gasteiger partial charge < -0.3 is 4.74 Å². The van der Waals surface area contributed by atoms with Crippen LogP contribution in [-0.4, -0.2) is 5.97 Å². The summed E-state index contributed by atoms with van der Waals surface area (Å²) in [5, 5.41) is 8.73. The highest BCUT2D eigenvalue weighted by molar-refractivity contribution is 5.75. The van der Waals surface area contributed by atoms with Crippen molar-refractivity contribution >= 4 is 5.97 Å². The Morgan fingerprint density at radius 1 is 1.21 bits per heavy atom. The molecule has 0 spiro atoms. The second kappa shape index (κ2) is 5.78. The zero-order valence-corrected chi connectivity index (χ0v) is 9.97. The zero-order chi connectivity index (χ0) is 13.7. The van der Waals surface area contributed by atoms with Crippen molar-refractivity contribution in [2.45, 2.75) is 6.42 Å². The van der Waals surface area contributed by atoms with E-state index in [0.717, 1.165) is 0 Å². The van der Waals surface area contributed by atoms with Gasteiger partial charge in [-0.15, -0.1) is 0 Å². The fourth-order valence-corrected chi connectivity index (χ4v) is 1.59. The van der Waals surface area contributed by atoms with Gasteiger partial charge in [-0.25, -0.2) is 4.39 Å². The summed E-state index contributed by atoms with van der Waals surface area (Å²) in [6.45, 7) is 0. The van der Waals surface area contributed by atoms with Gasteiger partial charge in [0.25, 0.3) is 0 Å². The van der Waals surface area contributed by atoms with Crippen LogP contribution in [0.25, 0.3) is 0 Å². The molecule has 0 aromatic heterocycles. The summed E-state index contributed by atoms with van der Waals surface area (Å²) in [6, 6.07) is 14.2. The van der Waals surface area contributed by atoms with Crippen LogP contribution in [0.3, 0.4) is 0 Å². The molecule has 0 aliphatic heterocycles. The SMILES string of the molecule is N#Cc1cccc(OC(=O)Cc2ccccc2F)c1. The third-order valence-electron chi connectivity index (χ3n) is 2.49. The summed E-state index contributed by atoms with van der Waals surface area (Å²) < 4.78 is 18.4. The summed E-state index contributed by atoms with van der Waals surface area (Å²) in [7, 11) is 0. The highest BCUT2D eigenvalue weighted by Gasteiger charge is 2.10. The smallest absolute Gasteiger partial charge is 0.315 e. The first kappa shape index (κ1) is 12.8. The van der Waals surface area contributed by atoms with E-state index in [9.17, 15) is 9.18 Å². The first-order valence-electron chi connectivity index (χ1n) is 5.63. The monoisotopic (exact) mass is 255 g/mol. The molecule has 0 bridgehead atoms. The minimum atomic E-state index is -0.569. The molecule has 4 heteroatoms. The highest BCUT2D eigenvalue weighted by Crippen LogP contribution is 2.14. The van der Waals surface area contributed by atoms with E-state index < -0.39 is 11.8 Å². The molecule has 0 heterocycles. The molecule has 2 aromatic rings. The molecule has 0 amide bonds. The maximum absolute atomic E-state index is 13.4. The van der Waals surface area contributed by atoms with E-state index in [1.165, 1.54) is 18.2 Å². The number of halogens is 1. The van der Waals surface area contributed by atoms with Crippen LogP contribution in [0, 0.1) is 17.1 Å². The lowest BCUT2D eigenvalue weighted by Gasteiger charge is -2.05. The Kier molecular flexibility index (Phi) is 3.89. The Morgan fingerprint density at radius 2 is 2.00 bits per heavy atom. The van der Waals surface area contributed by atoms with Crippen LogP contribution >= 0.6 is 0 Å². The molecule has 0 saturated carbocycles. The summed E-state index contributed by atoms with van der Waals surface area (Å²) >= 11 is 0. The molecule has 3 nitrogen and oxygen atoms in total. The standard InChI is InChI=1S/C15H10FNO2/c16-14-7-2-1-5-12(14)9-15(18)19-13-6-3-4-11(8-13)10-17/h1-8H,9H2. The van der Waals surface area contributed by atoms with Crippen LogP contribution in [0.1, 0.15) is 11.1 Å². The molecule has 0 unspecified atom stereocenters. The third-order valence-corrected chi connectivity index (χ3v) is 2.49. The number of esters is 1. The molecular weight excluding hydrogens is 245 g/mol. The van der Waals surface area contributed by atoms with Crippen molar-refractivity contribution in [2.75, 3.05) is 0 Å². The fourth-order valence-electron chi connectivity index (χ4n) is 1.59. The van der Waals surface area contributed by atoms with Crippen molar-refractivity contribution in [3.8, 4) is 11.8 Å². The van der Waals surface area contributed by atoms with Crippen LogP contribution < -0.4 is 4.74 Å². The van der Waals surface area contributed by atoms with Crippen LogP contribution in [-0.2, 0) is 11.2 Å². The molecule has 0 N–H and O–H groups in total. The first-order chi connectivity index (χ1) is 9.19. The van der Waals surface area contributed by atoms with E-state index in [0.29, 0.717) is 5.56 Å². The molecule has 0 atom stereocenters. The van der Waals surface area contributed by atoms with E-state index in [1.54, 1.807) is 30.3 Å². The molecule has 0 radical (unpaired) electrons. The number of nitriles is 1. The normalized spacial score (nSPS) is 9.68. The predicted molar refractivity (Wildman–Crippen MR) is 66.9 cm³/mol. The molecular formula is C15H10FNO2. The Bertz CT molecular complexity index is 647. The van der Waals surface area contributed by atoms with Crippen LogP contribution in [0.15, 0.2) is 48.5 Å². The molecule has 0 aliphatic carbocycles. The third kappa shape index (κ3) is 3.39. The van der Waals surface area contributed by atoms with Gasteiger partial charge >= 0.3 is 5.97 Å². The number of hydrogen-bond acceptors (Lipinski definition) is 3. The molecule has 0 aliphatic rings. The van der Waals surface area contributed by atoms with Crippen molar-refractivity contribution in [1.82, 2.24) is 0 Å². The topological polar surface area (TPSA) is 50.1 Å². The lowest BCUT2D eigenvalue weighted by molar-refractivity contribution is -0.133. The number of ether oxygens (including phenoxy) is 1. The molecule has 94 valence electrons. The molecule has 19 heavy (non-hydrogen) atoms. The quantitative estimate of drug-likeness (QED) is 0.626. The molecule has 2 rings (SSSR count). The second-order valence-electron chi connectivity index (χ2n) is 3.88. The van der Waals surface area contributed by atoms with Crippen molar-refractivity contribution in [3.05, 3.63) is 65.5 Å². The van der Waals surface area contributed by atoms with Gasteiger partial charge in [0.15, 0.2) is 0 Å². The fraction of sp³-hybridized carbons (Fsp3) is 0.0667. The number of benzene rings is 2. The van der Waals surface area contributed by atoms with Crippen molar-refractivity contribution in [3.63, 3.8) is 0 Å². The summed E-state index contributed by atoms with van der Waals surface area (Å²) in [4.78, 5) is 11.7. The van der Waals surface area contributed by atoms with Gasteiger partial charge in [0.2, 0.25) is 0 Å². The Balaban J connectivity index is 2.06. The van der Waals surface area contributed by atoms with Crippen molar-refractivity contribution in [2.24, 2.45) is 0 Å². The second-order valence-corrected chi connectivity index (χ2v) is 3.88. The van der Waals surface area contributed by atoms with Crippen LogP contribution in [0.5, 0.6) is 5.75 Å². The largest absolute Gasteiger partial charge is 0.426 e. The van der Waals surface area contributed by atoms with Gasteiger partial charge in [0, 0.05) is 0 Å². The lowest BCUT2D eigenvalue weighted by atomic mass is 10.1. The molecule has 0 fully saturated rings. The average molecular weight is 255 g/mol. The molecule has 2 aromatic carbocycles. The van der Waals surface area contributed by atoms with Crippen LogP contribution in [0.4, 0.5) is 4.39 Å². The highest BCUT2D eigenvalue weighted by atomic mass is 19.1. The minimum absolute atomic E-state index is 0.149. The van der Waals surface area contributed by atoms with E-state index in [2.05, 4.69) is 0 Å². The molecule has 0 saturated heterocycles. The van der Waals surface area contributed by atoms with Crippen LogP contribution in [0.2, 0.25) is 0 Å². The van der Waals surface area contributed by atoms with Gasteiger partial charge in [0.05, 0.1) is 18.1 Å². The van der Waals surface area contributed by atoms with Gasteiger partial charge in [-0.05, 0) is 29.8 Å². The maximum atomic E-state index is 13.4. The van der Waals surface area contributed by atoms with Gasteiger partial charge in [-0.1, -0.05) is 24.3 Å². The Labute approximate surface area is 109 Å². The van der Waals surface area contributed by atoms with Crippen molar-refractivity contribution in [1.29, 1.82) is 5.26 Å². The number of carbonyl (C=O) groups is 1.